The lowest BCUT2D eigenvalue weighted by molar-refractivity contribution is 1.01. The van der Waals surface area contributed by atoms with E-state index in [2.05, 4.69) is 92.9 Å². The third-order valence-corrected chi connectivity index (χ3v) is 7.17. The zero-order valence-corrected chi connectivity index (χ0v) is 14.7. The van der Waals surface area contributed by atoms with Crippen LogP contribution in [0.5, 0.6) is 0 Å². The molecule has 0 saturated heterocycles. The number of para-hydroxylation sites is 2. The van der Waals surface area contributed by atoms with E-state index in [0.29, 0.717) is 11.3 Å². The highest BCUT2D eigenvalue weighted by atomic mass is 31.1. The minimum atomic E-state index is -0.202. The van der Waals surface area contributed by atoms with Crippen LogP contribution in [0.3, 0.4) is 0 Å². The second-order valence-electron chi connectivity index (χ2n) is 6.33. The Bertz CT molecular complexity index is 748. The number of nitrogens with zero attached hydrogens (tertiary/aromatic N) is 1. The lowest BCUT2D eigenvalue weighted by Gasteiger charge is -2.27. The fourth-order valence-corrected chi connectivity index (χ4v) is 6.30. The second-order valence-corrected chi connectivity index (χ2v) is 9.67. The maximum absolute atomic E-state index is 2.47. The number of rotatable bonds is 4. The van der Waals surface area contributed by atoms with Gasteiger partial charge in [-0.25, -0.2) is 0 Å². The van der Waals surface area contributed by atoms with E-state index in [1.54, 1.807) is 0 Å². The maximum Gasteiger partial charge on any atom is 0.0535 e. The van der Waals surface area contributed by atoms with Crippen LogP contribution in [-0.4, -0.2) is 15.9 Å². The summed E-state index contributed by atoms with van der Waals surface area (Å²) in [6.07, 6.45) is 0. The third kappa shape index (κ3) is 2.71. The molecule has 1 nitrogen and oxygen atoms in total. The minimum absolute atomic E-state index is 0.202. The summed E-state index contributed by atoms with van der Waals surface area (Å²) in [7, 11) is -0.202. The molecule has 0 spiro atoms. The summed E-state index contributed by atoms with van der Waals surface area (Å²) in [6, 6.07) is 21.9. The highest BCUT2D eigenvalue weighted by molar-refractivity contribution is 7.66. The second kappa shape index (κ2) is 6.26. The molecule has 1 heterocycles. The molecule has 0 amide bonds. The largest absolute Gasteiger partial charge is 0.310 e. The van der Waals surface area contributed by atoms with Crippen molar-refractivity contribution in [1.82, 2.24) is 4.57 Å². The number of hydrogen-bond acceptors (Lipinski definition) is 0. The monoisotopic (exact) mass is 309 g/mol. The molecule has 0 radical (unpaired) electrons. The Labute approximate surface area is 134 Å². The predicted molar refractivity (Wildman–Crippen MR) is 100 cm³/mol. The normalized spacial score (nSPS) is 12.0. The first kappa shape index (κ1) is 15.3. The molecule has 22 heavy (non-hydrogen) atoms. The van der Waals surface area contributed by atoms with Gasteiger partial charge in [0.05, 0.1) is 5.52 Å². The SMILES string of the molecule is CC(C)P(c1cc2ccccc2n1-c1ccccc1)C(C)C. The standard InChI is InChI=1S/C20H24NP/c1-15(2)22(16(3)4)20-14-17-10-8-9-13-19(17)21(20)18-11-6-5-7-12-18/h5-16H,1-4H3. The highest BCUT2D eigenvalue weighted by Crippen LogP contribution is 2.46. The Morgan fingerprint density at radius 1 is 0.773 bits per heavy atom. The average Bonchev–Trinajstić information content (AvgIpc) is 2.86. The van der Waals surface area contributed by atoms with Crippen molar-refractivity contribution in [3.05, 3.63) is 60.7 Å². The first-order valence-corrected chi connectivity index (χ1v) is 9.52. The fraction of sp³-hybridized carbons (Fsp3) is 0.300. The van der Waals surface area contributed by atoms with Crippen molar-refractivity contribution in [2.75, 3.05) is 0 Å². The molecule has 0 unspecified atom stereocenters. The van der Waals surface area contributed by atoms with Crippen LogP contribution in [0.4, 0.5) is 0 Å². The van der Waals surface area contributed by atoms with Crippen LogP contribution in [-0.2, 0) is 0 Å². The smallest absolute Gasteiger partial charge is 0.0535 e. The highest BCUT2D eigenvalue weighted by Gasteiger charge is 2.24. The summed E-state index contributed by atoms with van der Waals surface area (Å²) in [6.45, 7) is 9.44. The Morgan fingerprint density at radius 2 is 1.36 bits per heavy atom. The van der Waals surface area contributed by atoms with Gasteiger partial charge in [-0.15, -0.1) is 0 Å². The lowest BCUT2D eigenvalue weighted by Crippen LogP contribution is -2.21. The summed E-state index contributed by atoms with van der Waals surface area (Å²) >= 11 is 0. The van der Waals surface area contributed by atoms with E-state index in [1.165, 1.54) is 22.0 Å². The van der Waals surface area contributed by atoms with Crippen LogP contribution < -0.4 is 5.44 Å². The van der Waals surface area contributed by atoms with Crippen molar-refractivity contribution >= 4 is 24.3 Å². The van der Waals surface area contributed by atoms with Gasteiger partial charge in [-0.2, -0.15) is 0 Å². The number of benzene rings is 2. The van der Waals surface area contributed by atoms with Crippen LogP contribution in [0, 0.1) is 0 Å². The van der Waals surface area contributed by atoms with Crippen molar-refractivity contribution < 1.29 is 0 Å². The third-order valence-electron chi connectivity index (χ3n) is 4.08. The van der Waals surface area contributed by atoms with Crippen molar-refractivity contribution in [3.63, 3.8) is 0 Å². The molecule has 2 aromatic carbocycles. The summed E-state index contributed by atoms with van der Waals surface area (Å²) in [5, 5.41) is 1.34. The molecular weight excluding hydrogens is 285 g/mol. The Kier molecular flexibility index (Phi) is 4.36. The van der Waals surface area contributed by atoms with Gasteiger partial charge >= 0.3 is 0 Å². The van der Waals surface area contributed by atoms with Gasteiger partial charge in [-0.3, -0.25) is 0 Å². The van der Waals surface area contributed by atoms with Crippen molar-refractivity contribution in [2.24, 2.45) is 0 Å². The van der Waals surface area contributed by atoms with E-state index in [4.69, 9.17) is 0 Å². The molecule has 0 aliphatic heterocycles. The maximum atomic E-state index is 2.47. The van der Waals surface area contributed by atoms with Gasteiger partial charge in [0.2, 0.25) is 0 Å². The molecule has 114 valence electrons. The molecule has 2 heteroatoms. The fourth-order valence-electron chi connectivity index (χ4n) is 3.30. The summed E-state index contributed by atoms with van der Waals surface area (Å²) in [4.78, 5) is 0. The number of hydrogen-bond donors (Lipinski definition) is 0. The Balaban J connectivity index is 2.30. The molecule has 0 aliphatic rings. The summed E-state index contributed by atoms with van der Waals surface area (Å²) in [5.74, 6) is 0. The van der Waals surface area contributed by atoms with Crippen molar-refractivity contribution in [3.8, 4) is 5.69 Å². The van der Waals surface area contributed by atoms with E-state index in [1.807, 2.05) is 0 Å². The zero-order valence-electron chi connectivity index (χ0n) is 13.8. The predicted octanol–water partition coefficient (Wildman–Crippen LogP) is 5.55. The molecule has 0 N–H and O–H groups in total. The van der Waals surface area contributed by atoms with Gasteiger partial charge < -0.3 is 4.57 Å². The van der Waals surface area contributed by atoms with Gasteiger partial charge in [-0.1, -0.05) is 72.0 Å². The van der Waals surface area contributed by atoms with Crippen LogP contribution >= 0.6 is 7.92 Å². The molecule has 1 aromatic heterocycles. The molecule has 3 rings (SSSR count). The van der Waals surface area contributed by atoms with Gasteiger partial charge in [0.25, 0.3) is 0 Å². The van der Waals surface area contributed by atoms with Crippen LogP contribution in [0.2, 0.25) is 0 Å². The van der Waals surface area contributed by atoms with Crippen LogP contribution in [0.1, 0.15) is 27.7 Å². The topological polar surface area (TPSA) is 4.93 Å². The van der Waals surface area contributed by atoms with E-state index in [-0.39, 0.29) is 7.92 Å². The van der Waals surface area contributed by atoms with Gasteiger partial charge in [0.1, 0.15) is 0 Å². The Morgan fingerprint density at radius 3 is 2.00 bits per heavy atom. The molecule has 0 bridgehead atoms. The van der Waals surface area contributed by atoms with E-state index < -0.39 is 0 Å². The number of fused-ring (bicyclic) bond motifs is 1. The molecule has 0 aliphatic carbocycles. The van der Waals surface area contributed by atoms with Crippen molar-refractivity contribution in [1.29, 1.82) is 0 Å². The Hall–Kier alpha value is -1.59. The first-order valence-electron chi connectivity index (χ1n) is 8.04. The summed E-state index contributed by atoms with van der Waals surface area (Å²) in [5.41, 5.74) is 5.45. The van der Waals surface area contributed by atoms with Crippen molar-refractivity contribution in [2.45, 2.75) is 39.0 Å². The minimum Gasteiger partial charge on any atom is -0.310 e. The lowest BCUT2D eigenvalue weighted by atomic mass is 10.2. The molecule has 3 aromatic rings. The van der Waals surface area contributed by atoms with E-state index in [0.717, 1.165) is 0 Å². The van der Waals surface area contributed by atoms with Gasteiger partial charge in [-0.05, 0) is 35.6 Å². The van der Waals surface area contributed by atoms with Crippen LogP contribution in [0.15, 0.2) is 60.7 Å². The average molecular weight is 309 g/mol. The molecule has 0 saturated carbocycles. The van der Waals surface area contributed by atoms with E-state index >= 15 is 0 Å². The zero-order chi connectivity index (χ0) is 15.7. The molecule has 0 fully saturated rings. The quantitative estimate of drug-likeness (QED) is 0.556. The van der Waals surface area contributed by atoms with Gasteiger partial charge in [0, 0.05) is 16.5 Å². The van der Waals surface area contributed by atoms with Crippen LogP contribution in [0.25, 0.3) is 16.6 Å². The van der Waals surface area contributed by atoms with E-state index in [9.17, 15) is 0 Å². The first-order chi connectivity index (χ1) is 10.6. The van der Waals surface area contributed by atoms with Gasteiger partial charge in [0.15, 0.2) is 0 Å². The molecule has 0 atom stereocenters. The number of aromatic nitrogens is 1. The molecular formula is C20H24NP. The summed E-state index contributed by atoms with van der Waals surface area (Å²) < 4.78 is 2.47.